The van der Waals surface area contributed by atoms with Crippen molar-refractivity contribution in [2.45, 2.75) is 6.10 Å². The van der Waals surface area contributed by atoms with Crippen molar-refractivity contribution in [3.05, 3.63) is 0 Å². The van der Waals surface area contributed by atoms with Crippen molar-refractivity contribution in [3.8, 4) is 0 Å². The molecule has 0 fully saturated rings. The van der Waals surface area contributed by atoms with Gasteiger partial charge >= 0.3 is 88.7 Å². The Kier molecular flexibility index (Phi) is 18.9. The van der Waals surface area contributed by atoms with E-state index in [0.717, 1.165) is 0 Å². The minimum Gasteiger partial charge on any atom is -0.549 e. The summed E-state index contributed by atoms with van der Waals surface area (Å²) in [5.74, 6) is -11.9. The Morgan fingerprint density at radius 1 is 0.824 bits per heavy atom. The first-order chi connectivity index (χ1) is 6.29. The normalized spacial score (nSPS) is 11.6. The molecule has 0 aliphatic rings. The summed E-state index contributed by atoms with van der Waals surface area (Å²) in [4.78, 5) is 40.5. The average Bonchev–Trinajstić information content (AvgIpc) is 2.03. The summed E-state index contributed by atoms with van der Waals surface area (Å²) in [6.45, 7) is 0. The minimum atomic E-state index is -2.79. The van der Waals surface area contributed by atoms with Gasteiger partial charge < -0.3 is 34.8 Å². The minimum absolute atomic E-state index is 0. The quantitative estimate of drug-likeness (QED) is 0.293. The monoisotopic (exact) mass is 272 g/mol. The maximum atomic E-state index is 10.5. The van der Waals surface area contributed by atoms with E-state index in [0.29, 0.717) is 0 Å². The summed E-state index contributed by atoms with van der Waals surface area (Å²) in [5, 5.41) is 38.5. The van der Waals surface area contributed by atoms with Crippen LogP contribution in [-0.4, -0.2) is 34.9 Å². The first-order valence-electron chi connectivity index (χ1n) is 3.14. The number of Topliss-reactive ketones (excluding diaryl/α,β-unsaturated/α-hetero) is 1. The van der Waals surface area contributed by atoms with Gasteiger partial charge in [-0.15, -0.1) is 0 Å². The van der Waals surface area contributed by atoms with Gasteiger partial charge in [-0.25, -0.2) is 0 Å². The zero-order chi connectivity index (χ0) is 11.5. The van der Waals surface area contributed by atoms with Gasteiger partial charge in [0.05, 0.1) is 17.9 Å². The Morgan fingerprint density at radius 3 is 1.35 bits per heavy atom. The smallest absolute Gasteiger partial charge is 0.549 e. The molecule has 1 N–H and O–H groups in total. The zero-order valence-electron chi connectivity index (χ0n) is 9.46. The zero-order valence-corrected chi connectivity index (χ0v) is 15.5. The van der Waals surface area contributed by atoms with Gasteiger partial charge in [0.15, 0.2) is 5.78 Å². The summed E-state index contributed by atoms with van der Waals surface area (Å²) in [6.07, 6.45) is -2.79. The third kappa shape index (κ3) is 8.71. The fraction of sp³-hybridized carbons (Fsp3) is 0.333. The predicted molar refractivity (Wildman–Crippen MR) is 29.5 cm³/mol. The van der Waals surface area contributed by atoms with Gasteiger partial charge in [0.2, 0.25) is 0 Å². The molecule has 0 aliphatic heterocycles. The molecule has 0 amide bonds. The number of hydrogen-bond donors (Lipinski definition) is 1. The van der Waals surface area contributed by atoms with Gasteiger partial charge in [-0.05, 0) is 0 Å². The van der Waals surface area contributed by atoms with Crippen LogP contribution in [0.4, 0.5) is 0 Å². The number of rotatable bonds is 5. The van der Waals surface area contributed by atoms with E-state index in [2.05, 4.69) is 0 Å². The topological polar surface area (TPSA) is 158 Å². The molecule has 0 radical (unpaired) electrons. The third-order valence-corrected chi connectivity index (χ3v) is 1.29. The van der Waals surface area contributed by atoms with Crippen LogP contribution in [0.1, 0.15) is 0 Å². The molecular weight excluding hydrogens is 269 g/mol. The van der Waals surface area contributed by atoms with Crippen molar-refractivity contribution < 1.29 is 128 Å². The number of carboxylic acids is 3. The van der Waals surface area contributed by atoms with Crippen molar-refractivity contribution in [1.82, 2.24) is 0 Å². The van der Waals surface area contributed by atoms with Crippen molar-refractivity contribution in [3.63, 3.8) is 0 Å². The predicted octanol–water partition coefficient (Wildman–Crippen LogP) is -15.2. The molecule has 0 aliphatic carbocycles. The average molecular weight is 272 g/mol. The second kappa shape index (κ2) is 12.1. The van der Waals surface area contributed by atoms with Crippen molar-refractivity contribution in [1.29, 1.82) is 0 Å². The SMILES string of the molecule is O=C([O-])C(=O)C(C(=O)[O-])C(O)C(=O)[O-].[Na+].[Na+].[Na+]. The number of carbonyl (C=O) groups excluding carboxylic acids is 4. The molecule has 11 heteroatoms. The van der Waals surface area contributed by atoms with Gasteiger partial charge in [-0.3, -0.25) is 4.79 Å². The largest absolute Gasteiger partial charge is 1.00 e. The molecule has 78 valence electrons. The Morgan fingerprint density at radius 2 is 1.18 bits per heavy atom. The fourth-order valence-corrected chi connectivity index (χ4v) is 0.642. The van der Waals surface area contributed by atoms with Crippen LogP contribution in [0, 0.1) is 5.92 Å². The number of carboxylic acid groups (broad SMARTS) is 3. The van der Waals surface area contributed by atoms with E-state index in [-0.39, 0.29) is 88.7 Å². The number of aliphatic hydroxyl groups is 1. The number of aliphatic hydroxyl groups excluding tert-OH is 1. The number of aliphatic carboxylic acids is 3. The van der Waals surface area contributed by atoms with Crippen LogP contribution in [0.25, 0.3) is 0 Å². The molecule has 2 atom stereocenters. The molecule has 0 aromatic heterocycles. The summed E-state index contributed by atoms with van der Waals surface area (Å²) < 4.78 is 0. The molecule has 0 saturated heterocycles. The molecule has 8 nitrogen and oxygen atoms in total. The van der Waals surface area contributed by atoms with Crippen molar-refractivity contribution in [2.24, 2.45) is 5.92 Å². The molecular formula is C6H3Na3O8. The van der Waals surface area contributed by atoms with Crippen molar-refractivity contribution in [2.75, 3.05) is 0 Å². The molecule has 0 saturated carbocycles. The Balaban J connectivity index is -0.000000282. The molecule has 0 rings (SSSR count). The van der Waals surface area contributed by atoms with Crippen LogP contribution in [0.5, 0.6) is 0 Å². The standard InChI is InChI=1S/C6H6O8.3Na/c7-2(5(11)12)1(4(9)10)3(8)6(13)14;;;/h1-2,7H,(H,9,10)(H,11,12)(H,13,14);;;/q;3*+1/p-3. The fourth-order valence-electron chi connectivity index (χ4n) is 0.642. The maximum Gasteiger partial charge on any atom is 1.00 e. The maximum absolute atomic E-state index is 10.5. The van der Waals surface area contributed by atoms with Gasteiger partial charge in [0.25, 0.3) is 0 Å². The Bertz CT molecular complexity index is 304. The van der Waals surface area contributed by atoms with E-state index < -0.39 is 35.7 Å². The molecule has 0 spiro atoms. The second-order valence-corrected chi connectivity index (χ2v) is 2.21. The molecule has 2 unspecified atom stereocenters. The number of ketones is 1. The summed E-state index contributed by atoms with van der Waals surface area (Å²) in [7, 11) is 0. The van der Waals surface area contributed by atoms with E-state index in [1.54, 1.807) is 0 Å². The van der Waals surface area contributed by atoms with Crippen LogP contribution in [-0.2, 0) is 19.2 Å². The second-order valence-electron chi connectivity index (χ2n) is 2.21. The number of hydrogen-bond acceptors (Lipinski definition) is 8. The summed E-state index contributed by atoms with van der Waals surface area (Å²) >= 11 is 0. The molecule has 0 aromatic carbocycles. The number of carbonyl (C=O) groups is 4. The van der Waals surface area contributed by atoms with Crippen LogP contribution in [0.3, 0.4) is 0 Å². The Hall–Kier alpha value is 1.04. The van der Waals surface area contributed by atoms with Crippen LogP contribution in [0.15, 0.2) is 0 Å². The van der Waals surface area contributed by atoms with E-state index in [1.807, 2.05) is 0 Å². The molecule has 0 heterocycles. The third-order valence-electron chi connectivity index (χ3n) is 1.29. The van der Waals surface area contributed by atoms with Crippen LogP contribution < -0.4 is 104 Å². The van der Waals surface area contributed by atoms with Crippen molar-refractivity contribution >= 4 is 23.7 Å². The van der Waals surface area contributed by atoms with Gasteiger partial charge in [0.1, 0.15) is 12.1 Å². The van der Waals surface area contributed by atoms with Gasteiger partial charge in [0, 0.05) is 0 Å². The first kappa shape index (κ1) is 26.6. The molecule has 17 heavy (non-hydrogen) atoms. The summed E-state index contributed by atoms with van der Waals surface area (Å²) in [5.41, 5.74) is 0. The van der Waals surface area contributed by atoms with Crippen LogP contribution in [0.2, 0.25) is 0 Å². The van der Waals surface area contributed by atoms with Gasteiger partial charge in [-0.1, -0.05) is 0 Å². The van der Waals surface area contributed by atoms with E-state index in [1.165, 1.54) is 0 Å². The van der Waals surface area contributed by atoms with Crippen LogP contribution >= 0.6 is 0 Å². The van der Waals surface area contributed by atoms with Gasteiger partial charge in [-0.2, -0.15) is 0 Å². The summed E-state index contributed by atoms with van der Waals surface area (Å²) in [6, 6.07) is 0. The Labute approximate surface area is 162 Å². The molecule has 0 aromatic rings. The van der Waals surface area contributed by atoms with E-state index in [4.69, 9.17) is 5.11 Å². The van der Waals surface area contributed by atoms with E-state index in [9.17, 15) is 34.5 Å². The van der Waals surface area contributed by atoms with E-state index >= 15 is 0 Å². The molecule has 0 bridgehead atoms. The first-order valence-corrected chi connectivity index (χ1v) is 3.14.